The van der Waals surface area contributed by atoms with Gasteiger partial charge in [0.15, 0.2) is 0 Å². The Balaban J connectivity index is 1.36. The van der Waals surface area contributed by atoms with Crippen LogP contribution in [0.3, 0.4) is 0 Å². The van der Waals surface area contributed by atoms with Gasteiger partial charge in [0.1, 0.15) is 11.1 Å². The van der Waals surface area contributed by atoms with Crippen LogP contribution in [0.2, 0.25) is 5.02 Å². The predicted octanol–water partition coefficient (Wildman–Crippen LogP) is 2.41. The number of alkyl carbamates (subject to hydrolysis) is 1. The topological polar surface area (TPSA) is 147 Å². The Morgan fingerprint density at radius 2 is 2.12 bits per heavy atom. The molecule has 2 aromatic rings. The maximum absolute atomic E-state index is 12.6. The summed E-state index contributed by atoms with van der Waals surface area (Å²) in [6, 6.07) is 5.02. The third kappa shape index (κ3) is 5.53. The number of sulfonamides is 1. The number of carbonyl (C=O) groups is 1. The Morgan fingerprint density at radius 1 is 1.32 bits per heavy atom. The van der Waals surface area contributed by atoms with E-state index in [2.05, 4.69) is 15.5 Å². The first-order chi connectivity index (χ1) is 16.1. The Labute approximate surface area is 202 Å². The smallest absolute Gasteiger partial charge is 0.407 e. The lowest BCUT2D eigenvalue weighted by Gasteiger charge is -2.31. The van der Waals surface area contributed by atoms with E-state index in [0.717, 1.165) is 24.8 Å². The van der Waals surface area contributed by atoms with Crippen molar-refractivity contribution in [2.45, 2.75) is 62.0 Å². The number of halogens is 1. The van der Waals surface area contributed by atoms with Crippen molar-refractivity contribution in [1.29, 1.82) is 0 Å². The van der Waals surface area contributed by atoms with Crippen LogP contribution in [0.25, 0.3) is 0 Å². The van der Waals surface area contributed by atoms with Gasteiger partial charge in [-0.25, -0.2) is 23.4 Å². The SMILES string of the molecule is Cc1ccc(S(N)(=O)=O)c(C2CCC[C@@H](NC(=O)O[C@@H]3CCN(c4cn[nH]c(=O)c4Cl)C3)C2)c1. The second-order valence-electron chi connectivity index (χ2n) is 8.95. The number of nitrogens with zero attached hydrogens (tertiary/aromatic N) is 2. The molecule has 0 spiro atoms. The molecular weight excluding hydrogens is 482 g/mol. The number of amides is 1. The number of carbonyl (C=O) groups excluding carboxylic acids is 1. The van der Waals surface area contributed by atoms with Crippen molar-refractivity contribution in [3.05, 3.63) is 50.9 Å². The highest BCUT2D eigenvalue weighted by Gasteiger charge is 2.31. The summed E-state index contributed by atoms with van der Waals surface area (Å²) in [6.07, 6.45) is 4.28. The molecule has 1 aliphatic carbocycles. The van der Waals surface area contributed by atoms with Crippen LogP contribution < -0.4 is 20.9 Å². The molecule has 3 atom stereocenters. The first kappa shape index (κ1) is 24.5. The quantitative estimate of drug-likeness (QED) is 0.560. The van der Waals surface area contributed by atoms with Gasteiger partial charge in [0.2, 0.25) is 10.0 Å². The van der Waals surface area contributed by atoms with E-state index in [1.165, 1.54) is 6.20 Å². The van der Waals surface area contributed by atoms with Crippen LogP contribution in [-0.4, -0.2) is 49.9 Å². The van der Waals surface area contributed by atoms with E-state index < -0.39 is 21.7 Å². The van der Waals surface area contributed by atoms with Crippen LogP contribution in [0.4, 0.5) is 10.5 Å². The Bertz CT molecular complexity index is 1230. The summed E-state index contributed by atoms with van der Waals surface area (Å²) in [4.78, 5) is 26.3. The van der Waals surface area contributed by atoms with Crippen LogP contribution >= 0.6 is 11.6 Å². The molecule has 4 rings (SSSR count). The normalized spacial score (nSPS) is 23.0. The minimum atomic E-state index is -3.84. The van der Waals surface area contributed by atoms with E-state index >= 15 is 0 Å². The number of nitrogens with two attached hydrogens (primary N) is 1. The molecule has 184 valence electrons. The lowest BCUT2D eigenvalue weighted by atomic mass is 9.81. The van der Waals surface area contributed by atoms with Crippen LogP contribution in [0.1, 0.15) is 49.1 Å². The monoisotopic (exact) mass is 509 g/mol. The van der Waals surface area contributed by atoms with Crippen molar-refractivity contribution in [2.24, 2.45) is 5.14 Å². The van der Waals surface area contributed by atoms with Gasteiger partial charge in [0.05, 0.1) is 23.3 Å². The molecule has 2 aliphatic rings. The van der Waals surface area contributed by atoms with Gasteiger partial charge in [0, 0.05) is 19.0 Å². The zero-order valence-corrected chi connectivity index (χ0v) is 20.4. The molecule has 4 N–H and O–H groups in total. The zero-order chi connectivity index (χ0) is 24.5. The molecule has 1 aromatic carbocycles. The summed E-state index contributed by atoms with van der Waals surface area (Å²) in [5, 5.41) is 14.5. The van der Waals surface area contributed by atoms with Crippen LogP contribution in [0, 0.1) is 6.92 Å². The number of hydrogen-bond acceptors (Lipinski definition) is 7. The number of benzene rings is 1. The molecule has 1 unspecified atom stereocenters. The van der Waals surface area contributed by atoms with Crippen molar-refractivity contribution in [3.8, 4) is 0 Å². The molecular formula is C22H28ClN5O5S. The van der Waals surface area contributed by atoms with Crippen molar-refractivity contribution in [3.63, 3.8) is 0 Å². The van der Waals surface area contributed by atoms with Gasteiger partial charge in [-0.3, -0.25) is 4.79 Å². The predicted molar refractivity (Wildman–Crippen MR) is 128 cm³/mol. The third-order valence-corrected chi connectivity index (χ3v) is 7.79. The number of aryl methyl sites for hydroxylation is 1. The molecule has 2 heterocycles. The molecule has 1 amide bonds. The first-order valence-electron chi connectivity index (χ1n) is 11.2. The standard InChI is InChI=1S/C22H28ClN5O5S/c1-13-5-6-19(34(24,31)32)17(9-13)14-3-2-4-15(10-14)26-22(30)33-16-7-8-28(12-16)18-11-25-27-21(29)20(18)23/h5-6,9,11,14-16H,2-4,7-8,10,12H2,1H3,(H,26,30)(H,27,29)(H2,24,31,32)/t14?,15-,16-/m1/s1. The number of aromatic amines is 1. The summed E-state index contributed by atoms with van der Waals surface area (Å²) in [6.45, 7) is 2.90. The lowest BCUT2D eigenvalue weighted by molar-refractivity contribution is 0.102. The molecule has 1 aromatic heterocycles. The number of rotatable bonds is 5. The number of primary sulfonamides is 1. The highest BCUT2D eigenvalue weighted by atomic mass is 35.5. The first-order valence-corrected chi connectivity index (χ1v) is 13.1. The van der Waals surface area contributed by atoms with Gasteiger partial charge in [-0.05, 0) is 43.7 Å². The fourth-order valence-corrected chi connectivity index (χ4v) is 5.86. The molecule has 34 heavy (non-hydrogen) atoms. The van der Waals surface area contributed by atoms with Crippen molar-refractivity contribution < 1.29 is 17.9 Å². The lowest BCUT2D eigenvalue weighted by Crippen LogP contribution is -2.40. The summed E-state index contributed by atoms with van der Waals surface area (Å²) >= 11 is 6.08. The largest absolute Gasteiger partial charge is 0.444 e. The van der Waals surface area contributed by atoms with E-state index in [9.17, 15) is 18.0 Å². The molecule has 12 heteroatoms. The number of anilines is 1. The number of nitrogens with one attached hydrogen (secondary N) is 2. The average molecular weight is 510 g/mol. The highest BCUT2D eigenvalue weighted by Crippen LogP contribution is 2.36. The minimum Gasteiger partial charge on any atom is -0.444 e. The van der Waals surface area contributed by atoms with Gasteiger partial charge < -0.3 is 15.0 Å². The Kier molecular flexibility index (Phi) is 7.15. The van der Waals surface area contributed by atoms with Crippen LogP contribution in [0.15, 0.2) is 34.1 Å². The summed E-state index contributed by atoms with van der Waals surface area (Å²) in [7, 11) is -3.84. The molecule has 1 aliphatic heterocycles. The molecule has 0 radical (unpaired) electrons. The maximum Gasteiger partial charge on any atom is 0.407 e. The number of ether oxygens (including phenoxy) is 1. The summed E-state index contributed by atoms with van der Waals surface area (Å²) < 4.78 is 29.8. The molecule has 0 bridgehead atoms. The molecule has 10 nitrogen and oxygen atoms in total. The van der Waals surface area contributed by atoms with Crippen LogP contribution in [-0.2, 0) is 14.8 Å². The van der Waals surface area contributed by atoms with E-state index in [-0.39, 0.29) is 28.0 Å². The fraction of sp³-hybridized carbons (Fsp3) is 0.500. The van der Waals surface area contributed by atoms with Gasteiger partial charge in [-0.15, -0.1) is 0 Å². The summed E-state index contributed by atoms with van der Waals surface area (Å²) in [5.74, 6) is -0.0277. The van der Waals surface area contributed by atoms with Crippen molar-refractivity contribution in [1.82, 2.24) is 15.5 Å². The zero-order valence-electron chi connectivity index (χ0n) is 18.8. The van der Waals surface area contributed by atoms with E-state index in [4.69, 9.17) is 21.5 Å². The van der Waals surface area contributed by atoms with Gasteiger partial charge in [0.25, 0.3) is 5.56 Å². The Hall–Kier alpha value is -2.63. The second kappa shape index (κ2) is 9.93. The second-order valence-corrected chi connectivity index (χ2v) is 10.9. The molecule has 1 saturated carbocycles. The number of aromatic nitrogens is 2. The van der Waals surface area contributed by atoms with Crippen molar-refractivity contribution in [2.75, 3.05) is 18.0 Å². The van der Waals surface area contributed by atoms with Gasteiger partial charge in [-0.2, -0.15) is 5.10 Å². The van der Waals surface area contributed by atoms with Gasteiger partial charge in [-0.1, -0.05) is 35.7 Å². The summed E-state index contributed by atoms with van der Waals surface area (Å²) in [5.41, 5.74) is 1.71. The minimum absolute atomic E-state index is 0.0277. The van der Waals surface area contributed by atoms with E-state index in [1.54, 1.807) is 12.1 Å². The highest BCUT2D eigenvalue weighted by molar-refractivity contribution is 7.89. The van der Waals surface area contributed by atoms with E-state index in [0.29, 0.717) is 37.2 Å². The van der Waals surface area contributed by atoms with Crippen LogP contribution in [0.5, 0.6) is 0 Å². The fourth-order valence-electron chi connectivity index (χ4n) is 4.84. The molecule has 2 fully saturated rings. The van der Waals surface area contributed by atoms with E-state index in [1.807, 2.05) is 17.9 Å². The van der Waals surface area contributed by atoms with Gasteiger partial charge >= 0.3 is 6.09 Å². The maximum atomic E-state index is 12.6. The molecule has 1 saturated heterocycles. The number of H-pyrrole nitrogens is 1. The average Bonchev–Trinajstić information content (AvgIpc) is 3.23. The Morgan fingerprint density at radius 3 is 2.88 bits per heavy atom. The van der Waals surface area contributed by atoms with Crippen molar-refractivity contribution >= 4 is 33.4 Å². The number of hydrogen-bond donors (Lipinski definition) is 3. The third-order valence-electron chi connectivity index (χ3n) is 6.44.